The van der Waals surface area contributed by atoms with E-state index >= 15 is 0 Å². The zero-order valence-electron chi connectivity index (χ0n) is 10.4. The molecule has 1 unspecified atom stereocenters. The Morgan fingerprint density at radius 2 is 2.21 bits per heavy atom. The van der Waals surface area contributed by atoms with Gasteiger partial charge in [-0.2, -0.15) is 0 Å². The molecular formula is C12H14Cl2N2O3. The van der Waals surface area contributed by atoms with Gasteiger partial charge >= 0.3 is 5.97 Å². The normalized spacial score (nSPS) is 22.7. The molecule has 1 fully saturated rings. The van der Waals surface area contributed by atoms with Gasteiger partial charge in [0, 0.05) is 17.9 Å². The maximum Gasteiger partial charge on any atom is 0.312 e. The van der Waals surface area contributed by atoms with E-state index in [0.29, 0.717) is 31.6 Å². The molecule has 2 rings (SSSR count). The summed E-state index contributed by atoms with van der Waals surface area (Å²) in [7, 11) is 0. The number of nitrogens with zero attached hydrogens (tertiary/aromatic N) is 2. The molecule has 0 radical (unpaired) electrons. The number of hydrogen-bond acceptors (Lipinski definition) is 4. The number of halogens is 2. The van der Waals surface area contributed by atoms with E-state index in [1.165, 1.54) is 0 Å². The Kier molecular flexibility index (Phi) is 4.28. The number of hydrogen-bond donors (Lipinski definition) is 1. The molecule has 0 aromatic carbocycles. The van der Waals surface area contributed by atoms with Gasteiger partial charge in [0.05, 0.1) is 12.0 Å². The van der Waals surface area contributed by atoms with Gasteiger partial charge in [0.15, 0.2) is 0 Å². The highest BCUT2D eigenvalue weighted by Gasteiger charge is 2.42. The monoisotopic (exact) mass is 304 g/mol. The summed E-state index contributed by atoms with van der Waals surface area (Å²) < 4.78 is 5.22. The van der Waals surface area contributed by atoms with Gasteiger partial charge < -0.3 is 9.84 Å². The third-order valence-electron chi connectivity index (χ3n) is 3.55. The lowest BCUT2D eigenvalue weighted by atomic mass is 9.81. The van der Waals surface area contributed by atoms with Gasteiger partial charge in [-0.1, -0.05) is 11.6 Å². The van der Waals surface area contributed by atoms with Crippen molar-refractivity contribution in [3.05, 3.63) is 21.7 Å². The number of aliphatic carboxylic acids is 1. The highest BCUT2D eigenvalue weighted by molar-refractivity contribution is 6.32. The van der Waals surface area contributed by atoms with Crippen molar-refractivity contribution in [3.63, 3.8) is 0 Å². The lowest BCUT2D eigenvalue weighted by molar-refractivity contribution is -0.149. The summed E-state index contributed by atoms with van der Waals surface area (Å²) in [4.78, 5) is 19.3. The summed E-state index contributed by atoms with van der Waals surface area (Å²) in [6.45, 7) is 2.51. The molecule has 1 N–H and O–H groups in total. The van der Waals surface area contributed by atoms with Crippen LogP contribution in [0.4, 0.5) is 0 Å². The molecule has 7 heteroatoms. The quantitative estimate of drug-likeness (QED) is 0.683. The van der Waals surface area contributed by atoms with E-state index in [2.05, 4.69) is 9.97 Å². The first kappa shape index (κ1) is 14.5. The van der Waals surface area contributed by atoms with Crippen LogP contribution in [0.15, 0.2) is 0 Å². The summed E-state index contributed by atoms with van der Waals surface area (Å²) in [5, 5.41) is 9.75. The Bertz CT molecular complexity index is 479. The minimum absolute atomic E-state index is 0.100. The average Bonchev–Trinajstić information content (AvgIpc) is 2.77. The van der Waals surface area contributed by atoms with Crippen molar-refractivity contribution < 1.29 is 14.6 Å². The highest BCUT2D eigenvalue weighted by atomic mass is 35.5. The average molecular weight is 305 g/mol. The molecule has 0 saturated carbocycles. The SMILES string of the molecule is Cc1nc(Cl)nc(Cl)c1CCC1(C(=O)O)CCOC1. The second-order valence-corrected chi connectivity index (χ2v) is 5.43. The Hall–Kier alpha value is -0.910. The van der Waals surface area contributed by atoms with Crippen LogP contribution in [0.5, 0.6) is 0 Å². The molecule has 1 aromatic rings. The van der Waals surface area contributed by atoms with Crippen LogP contribution < -0.4 is 0 Å². The van der Waals surface area contributed by atoms with Crippen LogP contribution in [-0.2, 0) is 16.0 Å². The molecule has 0 bridgehead atoms. The van der Waals surface area contributed by atoms with Gasteiger partial charge in [0.2, 0.25) is 5.28 Å². The number of carboxylic acid groups (broad SMARTS) is 1. The molecular weight excluding hydrogens is 291 g/mol. The minimum Gasteiger partial charge on any atom is -0.481 e. The Morgan fingerprint density at radius 3 is 2.74 bits per heavy atom. The zero-order chi connectivity index (χ0) is 14.0. The van der Waals surface area contributed by atoms with Crippen molar-refractivity contribution in [2.75, 3.05) is 13.2 Å². The van der Waals surface area contributed by atoms with Crippen LogP contribution in [0.25, 0.3) is 0 Å². The van der Waals surface area contributed by atoms with E-state index in [-0.39, 0.29) is 17.0 Å². The van der Waals surface area contributed by atoms with E-state index in [4.69, 9.17) is 27.9 Å². The van der Waals surface area contributed by atoms with Gasteiger partial charge in [0.25, 0.3) is 0 Å². The second-order valence-electron chi connectivity index (χ2n) is 4.74. The van der Waals surface area contributed by atoms with Crippen LogP contribution in [0, 0.1) is 12.3 Å². The molecule has 0 spiro atoms. The molecule has 1 aromatic heterocycles. The largest absolute Gasteiger partial charge is 0.481 e. The zero-order valence-corrected chi connectivity index (χ0v) is 12.0. The van der Waals surface area contributed by atoms with Crippen LogP contribution >= 0.6 is 23.2 Å². The standard InChI is InChI=1S/C12H14Cl2N2O3/c1-7-8(9(13)16-11(14)15-7)2-3-12(10(17)18)4-5-19-6-12/h2-6H2,1H3,(H,17,18). The van der Waals surface area contributed by atoms with Gasteiger partial charge in [0.1, 0.15) is 5.15 Å². The molecule has 5 nitrogen and oxygen atoms in total. The summed E-state index contributed by atoms with van der Waals surface area (Å²) in [6, 6.07) is 0. The molecule has 0 amide bonds. The number of ether oxygens (including phenoxy) is 1. The van der Waals surface area contributed by atoms with Crippen LogP contribution in [0.2, 0.25) is 10.4 Å². The number of carbonyl (C=O) groups is 1. The highest BCUT2D eigenvalue weighted by Crippen LogP contribution is 2.35. The Morgan fingerprint density at radius 1 is 1.47 bits per heavy atom. The first-order valence-corrected chi connectivity index (χ1v) is 6.70. The fraction of sp³-hybridized carbons (Fsp3) is 0.583. The van der Waals surface area contributed by atoms with Crippen molar-refractivity contribution in [2.24, 2.45) is 5.41 Å². The predicted octanol–water partition coefficient (Wildman–Crippen LogP) is 2.52. The number of carboxylic acids is 1. The summed E-state index contributed by atoms with van der Waals surface area (Å²) >= 11 is 11.7. The topological polar surface area (TPSA) is 72.3 Å². The predicted molar refractivity (Wildman–Crippen MR) is 70.6 cm³/mol. The van der Waals surface area contributed by atoms with Gasteiger partial charge in [-0.05, 0) is 37.8 Å². The maximum absolute atomic E-state index is 11.4. The third-order valence-corrected chi connectivity index (χ3v) is 4.03. The number of aromatic nitrogens is 2. The van der Waals surface area contributed by atoms with Crippen molar-refractivity contribution in [1.82, 2.24) is 9.97 Å². The molecule has 1 aliphatic heterocycles. The van der Waals surface area contributed by atoms with E-state index in [0.717, 1.165) is 5.56 Å². The van der Waals surface area contributed by atoms with Crippen molar-refractivity contribution in [3.8, 4) is 0 Å². The summed E-state index contributed by atoms with van der Waals surface area (Å²) in [5.74, 6) is -0.825. The van der Waals surface area contributed by atoms with Gasteiger partial charge in [-0.25, -0.2) is 9.97 Å². The van der Waals surface area contributed by atoms with E-state index in [9.17, 15) is 9.90 Å². The molecule has 104 valence electrons. The minimum atomic E-state index is -0.825. The molecule has 2 heterocycles. The Labute approximate surface area is 120 Å². The molecule has 1 aliphatic rings. The fourth-order valence-corrected chi connectivity index (χ4v) is 2.82. The molecule has 19 heavy (non-hydrogen) atoms. The van der Waals surface area contributed by atoms with Gasteiger partial charge in [-0.15, -0.1) is 0 Å². The first-order chi connectivity index (χ1) is 8.94. The smallest absolute Gasteiger partial charge is 0.312 e. The van der Waals surface area contributed by atoms with E-state index < -0.39 is 11.4 Å². The molecule has 1 atom stereocenters. The first-order valence-electron chi connectivity index (χ1n) is 5.94. The van der Waals surface area contributed by atoms with Gasteiger partial charge in [-0.3, -0.25) is 4.79 Å². The lowest BCUT2D eigenvalue weighted by Gasteiger charge is -2.22. The maximum atomic E-state index is 11.4. The van der Waals surface area contributed by atoms with E-state index in [1.807, 2.05) is 0 Å². The number of rotatable bonds is 4. The number of aryl methyl sites for hydroxylation is 1. The van der Waals surface area contributed by atoms with Crippen LogP contribution in [0.1, 0.15) is 24.1 Å². The third kappa shape index (κ3) is 2.99. The van der Waals surface area contributed by atoms with Crippen molar-refractivity contribution in [1.29, 1.82) is 0 Å². The fourth-order valence-electron chi connectivity index (χ4n) is 2.26. The lowest BCUT2D eigenvalue weighted by Crippen LogP contribution is -2.32. The summed E-state index contributed by atoms with van der Waals surface area (Å²) in [5.41, 5.74) is 0.609. The molecule has 0 aliphatic carbocycles. The van der Waals surface area contributed by atoms with Crippen molar-refractivity contribution >= 4 is 29.2 Å². The molecule has 1 saturated heterocycles. The summed E-state index contributed by atoms with van der Waals surface area (Å²) in [6.07, 6.45) is 1.47. The van der Waals surface area contributed by atoms with Crippen molar-refractivity contribution in [2.45, 2.75) is 26.2 Å². The Balaban J connectivity index is 2.16. The van der Waals surface area contributed by atoms with Crippen LogP contribution in [-0.4, -0.2) is 34.3 Å². The second kappa shape index (κ2) is 5.61. The van der Waals surface area contributed by atoms with E-state index in [1.54, 1.807) is 6.92 Å². The van der Waals surface area contributed by atoms with Crippen LogP contribution in [0.3, 0.4) is 0 Å².